The Morgan fingerprint density at radius 2 is 1.70 bits per heavy atom. The Kier molecular flexibility index (Phi) is 7.76. The summed E-state index contributed by atoms with van der Waals surface area (Å²) in [6.07, 6.45) is 0. The average Bonchev–Trinajstić information content (AvgIpc) is 3.28. The molecule has 0 amide bonds. The first-order valence-electron chi connectivity index (χ1n) is 10.8. The fourth-order valence-electron chi connectivity index (χ4n) is 3.59. The fraction of sp³-hybridized carbons (Fsp3) is 0.375. The van der Waals surface area contributed by atoms with Crippen molar-refractivity contribution in [1.29, 1.82) is 0 Å². The zero-order chi connectivity index (χ0) is 24.3. The summed E-state index contributed by atoms with van der Waals surface area (Å²) in [7, 11) is -3.60. The Morgan fingerprint density at radius 3 is 2.36 bits per heavy atom. The van der Waals surface area contributed by atoms with Crippen LogP contribution in [0.15, 0.2) is 44.9 Å². The number of carbonyl (C=O) groups is 1. The topological polar surface area (TPSA) is 93.4 Å². The molecule has 3 aromatic rings. The lowest BCUT2D eigenvalue weighted by Gasteiger charge is -2.18. The molecule has 0 saturated carbocycles. The summed E-state index contributed by atoms with van der Waals surface area (Å²) in [6, 6.07) is 8.38. The molecule has 0 atom stereocenters. The van der Waals surface area contributed by atoms with Gasteiger partial charge in [-0.3, -0.25) is 4.79 Å². The third kappa shape index (κ3) is 5.20. The molecule has 176 valence electrons. The number of hydrogen-bond acceptors (Lipinski definition) is 7. The Morgan fingerprint density at radius 1 is 1.00 bits per heavy atom. The number of rotatable bonds is 9. The monoisotopic (exact) mass is 487 g/mol. The highest BCUT2D eigenvalue weighted by atomic mass is 32.2. The molecule has 33 heavy (non-hydrogen) atoms. The van der Waals surface area contributed by atoms with E-state index in [0.717, 1.165) is 16.7 Å². The van der Waals surface area contributed by atoms with Gasteiger partial charge >= 0.3 is 0 Å². The molecule has 0 aliphatic rings. The van der Waals surface area contributed by atoms with Crippen LogP contribution in [-0.4, -0.2) is 47.5 Å². The number of aryl methyl sites for hydroxylation is 1. The molecule has 0 fully saturated rings. The zero-order valence-corrected chi connectivity index (χ0v) is 21.4. The summed E-state index contributed by atoms with van der Waals surface area (Å²) in [5.74, 6) is 0.372. The van der Waals surface area contributed by atoms with Crippen LogP contribution in [-0.2, 0) is 10.0 Å². The highest BCUT2D eigenvalue weighted by Crippen LogP contribution is 2.28. The molecular formula is C24H29N3O4S2. The lowest BCUT2D eigenvalue weighted by Crippen LogP contribution is -2.30. The van der Waals surface area contributed by atoms with Gasteiger partial charge in [0.05, 0.1) is 10.6 Å². The Labute approximate surface area is 199 Å². The maximum absolute atomic E-state index is 12.8. The van der Waals surface area contributed by atoms with Gasteiger partial charge in [0.25, 0.3) is 5.22 Å². The van der Waals surface area contributed by atoms with E-state index in [2.05, 4.69) is 17.1 Å². The van der Waals surface area contributed by atoms with E-state index in [4.69, 9.17) is 4.42 Å². The van der Waals surface area contributed by atoms with Gasteiger partial charge in [0.1, 0.15) is 0 Å². The van der Waals surface area contributed by atoms with Crippen molar-refractivity contribution < 1.29 is 17.6 Å². The van der Waals surface area contributed by atoms with E-state index < -0.39 is 10.0 Å². The van der Waals surface area contributed by atoms with Crippen molar-refractivity contribution in [1.82, 2.24) is 14.5 Å². The van der Waals surface area contributed by atoms with Crippen molar-refractivity contribution in [2.24, 2.45) is 0 Å². The Balaban J connectivity index is 1.77. The van der Waals surface area contributed by atoms with Crippen LogP contribution in [0.4, 0.5) is 0 Å². The van der Waals surface area contributed by atoms with E-state index in [9.17, 15) is 13.2 Å². The van der Waals surface area contributed by atoms with E-state index in [-0.39, 0.29) is 27.5 Å². The number of sulfonamides is 1. The molecule has 3 rings (SSSR count). The van der Waals surface area contributed by atoms with E-state index in [1.54, 1.807) is 32.0 Å². The molecule has 1 heterocycles. The van der Waals surface area contributed by atoms with Gasteiger partial charge in [-0.25, -0.2) is 8.42 Å². The predicted octanol–water partition coefficient (Wildman–Crippen LogP) is 4.98. The molecular weight excluding hydrogens is 458 g/mol. The maximum Gasteiger partial charge on any atom is 0.277 e. The first-order valence-corrected chi connectivity index (χ1v) is 13.2. The van der Waals surface area contributed by atoms with Crippen LogP contribution in [0.5, 0.6) is 0 Å². The quantitative estimate of drug-likeness (QED) is 0.310. The van der Waals surface area contributed by atoms with E-state index in [0.29, 0.717) is 24.2 Å². The second-order valence-electron chi connectivity index (χ2n) is 7.82. The van der Waals surface area contributed by atoms with Crippen LogP contribution in [0.2, 0.25) is 0 Å². The summed E-state index contributed by atoms with van der Waals surface area (Å²) in [5.41, 5.74) is 5.62. The van der Waals surface area contributed by atoms with Crippen molar-refractivity contribution in [2.45, 2.75) is 51.7 Å². The van der Waals surface area contributed by atoms with Gasteiger partial charge in [0, 0.05) is 24.2 Å². The number of Topliss-reactive ketones (excluding diaryl/α,β-unsaturated/α-hetero) is 1. The maximum atomic E-state index is 12.8. The van der Waals surface area contributed by atoms with Crippen LogP contribution >= 0.6 is 11.8 Å². The van der Waals surface area contributed by atoms with Gasteiger partial charge in [0.15, 0.2) is 5.78 Å². The lowest BCUT2D eigenvalue weighted by molar-refractivity contribution is 0.102. The van der Waals surface area contributed by atoms with E-state index in [1.165, 1.54) is 27.7 Å². The van der Waals surface area contributed by atoms with Crippen LogP contribution in [0.25, 0.3) is 11.5 Å². The van der Waals surface area contributed by atoms with Gasteiger partial charge < -0.3 is 4.42 Å². The number of hydrogen-bond donors (Lipinski definition) is 0. The van der Waals surface area contributed by atoms with Crippen LogP contribution in [0.3, 0.4) is 0 Å². The summed E-state index contributed by atoms with van der Waals surface area (Å²) in [6.45, 7) is 12.4. The number of aromatic nitrogens is 2. The second-order valence-corrected chi connectivity index (χ2v) is 10.7. The Bertz CT molecular complexity index is 1280. The highest BCUT2D eigenvalue weighted by Gasteiger charge is 2.23. The van der Waals surface area contributed by atoms with Crippen LogP contribution < -0.4 is 0 Å². The molecule has 9 heteroatoms. The largest absolute Gasteiger partial charge is 0.411 e. The standard InChI is InChI=1S/C24H29N3O4S2/c1-7-27(8-2)33(29,30)20-11-9-10-19(13-20)23-25-26-24(31-23)32-14-22(28)21-12-15(3)16(4)17(5)18(21)6/h9-13H,7-8,14H2,1-6H3. The smallest absolute Gasteiger partial charge is 0.277 e. The number of carbonyl (C=O) groups excluding carboxylic acids is 1. The minimum Gasteiger partial charge on any atom is -0.411 e. The summed E-state index contributed by atoms with van der Waals surface area (Å²) in [5, 5.41) is 8.33. The third-order valence-corrected chi connectivity index (χ3v) is 8.80. The lowest BCUT2D eigenvalue weighted by atomic mass is 9.93. The van der Waals surface area contributed by atoms with Crippen LogP contribution in [0.1, 0.15) is 46.5 Å². The van der Waals surface area contributed by atoms with Gasteiger partial charge in [-0.1, -0.05) is 31.7 Å². The summed E-state index contributed by atoms with van der Waals surface area (Å²) < 4.78 is 32.7. The molecule has 0 spiro atoms. The predicted molar refractivity (Wildman–Crippen MR) is 130 cm³/mol. The molecule has 0 unspecified atom stereocenters. The first-order chi connectivity index (χ1) is 15.6. The van der Waals surface area contributed by atoms with Gasteiger partial charge in [0.2, 0.25) is 15.9 Å². The second kappa shape index (κ2) is 10.2. The Hall–Kier alpha value is -2.49. The van der Waals surface area contributed by atoms with Gasteiger partial charge in [-0.15, -0.1) is 10.2 Å². The zero-order valence-electron chi connectivity index (χ0n) is 19.8. The van der Waals surface area contributed by atoms with Gasteiger partial charge in [-0.2, -0.15) is 4.31 Å². The minimum atomic E-state index is -3.60. The van der Waals surface area contributed by atoms with Gasteiger partial charge in [-0.05, 0) is 74.2 Å². The molecule has 0 bridgehead atoms. The van der Waals surface area contributed by atoms with Crippen LogP contribution in [0, 0.1) is 27.7 Å². The molecule has 0 N–H and O–H groups in total. The van der Waals surface area contributed by atoms with Crippen molar-refractivity contribution in [3.8, 4) is 11.5 Å². The molecule has 2 aromatic carbocycles. The summed E-state index contributed by atoms with van der Waals surface area (Å²) in [4.78, 5) is 13.0. The minimum absolute atomic E-state index is 0.00392. The van der Waals surface area contributed by atoms with Crippen molar-refractivity contribution in [2.75, 3.05) is 18.8 Å². The van der Waals surface area contributed by atoms with Crippen molar-refractivity contribution in [3.63, 3.8) is 0 Å². The first kappa shape index (κ1) is 25.1. The molecule has 0 saturated heterocycles. The fourth-order valence-corrected chi connectivity index (χ4v) is 5.74. The average molecular weight is 488 g/mol. The third-order valence-electron chi connectivity index (χ3n) is 5.94. The molecule has 0 aliphatic carbocycles. The van der Waals surface area contributed by atoms with Crippen molar-refractivity contribution in [3.05, 3.63) is 58.1 Å². The van der Waals surface area contributed by atoms with Crippen molar-refractivity contribution >= 4 is 27.6 Å². The SMILES string of the molecule is CCN(CC)S(=O)(=O)c1cccc(-c2nnc(SCC(=O)c3cc(C)c(C)c(C)c3C)o2)c1. The molecule has 0 aliphatic heterocycles. The molecule has 7 nitrogen and oxygen atoms in total. The van der Waals surface area contributed by atoms with E-state index >= 15 is 0 Å². The number of ketones is 1. The molecule has 0 radical (unpaired) electrons. The highest BCUT2D eigenvalue weighted by molar-refractivity contribution is 7.99. The number of benzene rings is 2. The number of nitrogens with zero attached hydrogens (tertiary/aromatic N) is 3. The normalized spacial score (nSPS) is 11.8. The molecule has 1 aromatic heterocycles. The van der Waals surface area contributed by atoms with E-state index in [1.807, 2.05) is 26.8 Å². The summed E-state index contributed by atoms with van der Waals surface area (Å²) >= 11 is 1.17. The number of thioether (sulfide) groups is 1.